The van der Waals surface area contributed by atoms with Gasteiger partial charge < -0.3 is 21.7 Å². The number of carbonyl (C=O) groups excluding carboxylic acids is 3. The van der Waals surface area contributed by atoms with E-state index in [0.717, 1.165) is 0 Å². The number of benzene rings is 2. The number of hydrogen-bond acceptors (Lipinski definition) is 5. The minimum Gasteiger partial charge on any atom is -0.399 e. The first-order valence-corrected chi connectivity index (χ1v) is 10.5. The monoisotopic (exact) mass is 474 g/mol. The summed E-state index contributed by atoms with van der Waals surface area (Å²) in [5.41, 5.74) is 12.4. The molecule has 0 spiro atoms. The van der Waals surface area contributed by atoms with Gasteiger partial charge in [-0.2, -0.15) is 5.10 Å². The zero-order chi connectivity index (χ0) is 24.3. The van der Waals surface area contributed by atoms with Gasteiger partial charge in [-0.1, -0.05) is 23.7 Å². The summed E-state index contributed by atoms with van der Waals surface area (Å²) in [6, 6.07) is 9.03. The van der Waals surface area contributed by atoms with Crippen LogP contribution in [-0.2, 0) is 22.7 Å². The first-order chi connectivity index (χ1) is 15.6. The maximum atomic E-state index is 14.0. The number of nitrogen functional groups attached to an aromatic ring is 1. The predicted octanol–water partition coefficient (Wildman–Crippen LogP) is 2.06. The van der Waals surface area contributed by atoms with Crippen LogP contribution in [0.1, 0.15) is 29.9 Å². The molecule has 0 saturated heterocycles. The van der Waals surface area contributed by atoms with Gasteiger partial charge in [-0.05, 0) is 38.1 Å². The fourth-order valence-corrected chi connectivity index (χ4v) is 3.56. The highest BCUT2D eigenvalue weighted by Gasteiger charge is 2.23. The molecular weight excluding hydrogens is 451 g/mol. The van der Waals surface area contributed by atoms with Gasteiger partial charge in [0.15, 0.2) is 5.69 Å². The molecule has 0 radical (unpaired) electrons. The van der Waals surface area contributed by atoms with Crippen molar-refractivity contribution in [3.63, 3.8) is 0 Å². The molecule has 0 aliphatic heterocycles. The lowest BCUT2D eigenvalue weighted by Crippen LogP contribution is -2.45. The Morgan fingerprint density at radius 2 is 1.97 bits per heavy atom. The zero-order valence-electron chi connectivity index (χ0n) is 18.1. The number of anilines is 1. The van der Waals surface area contributed by atoms with Gasteiger partial charge >= 0.3 is 0 Å². The van der Waals surface area contributed by atoms with Crippen LogP contribution >= 0.6 is 11.6 Å². The number of hydrogen-bond donors (Lipinski definition) is 3. The Morgan fingerprint density at radius 1 is 1.24 bits per heavy atom. The van der Waals surface area contributed by atoms with Gasteiger partial charge in [-0.15, -0.1) is 0 Å². The second-order valence-electron chi connectivity index (χ2n) is 7.75. The Kier molecular flexibility index (Phi) is 7.17. The Labute approximate surface area is 194 Å². The van der Waals surface area contributed by atoms with Crippen LogP contribution in [0.15, 0.2) is 36.4 Å². The van der Waals surface area contributed by atoms with Gasteiger partial charge in [0.05, 0.1) is 17.1 Å². The maximum absolute atomic E-state index is 14.0. The first kappa shape index (κ1) is 24.0. The number of nitrogens with zero attached hydrogens (tertiary/aromatic N) is 3. The van der Waals surface area contributed by atoms with Crippen molar-refractivity contribution in [1.29, 1.82) is 0 Å². The summed E-state index contributed by atoms with van der Waals surface area (Å²) in [5, 5.41) is 7.17. The van der Waals surface area contributed by atoms with E-state index in [9.17, 15) is 18.8 Å². The number of carbonyl (C=O) groups is 3. The molecule has 0 bridgehead atoms. The van der Waals surface area contributed by atoms with E-state index >= 15 is 0 Å². The highest BCUT2D eigenvalue weighted by atomic mass is 35.5. The largest absolute Gasteiger partial charge is 0.399 e. The van der Waals surface area contributed by atoms with Crippen LogP contribution in [0.3, 0.4) is 0 Å². The van der Waals surface area contributed by atoms with Crippen molar-refractivity contribution in [2.24, 2.45) is 5.73 Å². The third-order valence-electron chi connectivity index (χ3n) is 5.06. The summed E-state index contributed by atoms with van der Waals surface area (Å²) < 4.78 is 15.4. The zero-order valence-corrected chi connectivity index (χ0v) is 18.9. The summed E-state index contributed by atoms with van der Waals surface area (Å²) in [6.07, 6.45) is 0. The van der Waals surface area contributed by atoms with Crippen LogP contribution in [0.2, 0.25) is 5.02 Å². The molecule has 0 saturated carbocycles. The average Bonchev–Trinajstić information content (AvgIpc) is 3.10. The molecule has 33 heavy (non-hydrogen) atoms. The molecule has 0 aliphatic rings. The van der Waals surface area contributed by atoms with Crippen molar-refractivity contribution in [2.75, 3.05) is 12.3 Å². The number of amides is 3. The molecular formula is C22H24ClFN6O3. The molecule has 5 N–H and O–H groups in total. The lowest BCUT2D eigenvalue weighted by molar-refractivity contribution is -0.138. The molecule has 3 amide bonds. The second-order valence-corrected chi connectivity index (χ2v) is 8.16. The van der Waals surface area contributed by atoms with Crippen molar-refractivity contribution in [2.45, 2.75) is 33.0 Å². The molecule has 1 aromatic heterocycles. The van der Waals surface area contributed by atoms with Crippen molar-refractivity contribution in [3.05, 3.63) is 58.5 Å². The predicted molar refractivity (Wildman–Crippen MR) is 123 cm³/mol. The number of halogens is 2. The fraction of sp³-hybridized carbons (Fsp3) is 0.273. The molecule has 11 heteroatoms. The van der Waals surface area contributed by atoms with Gasteiger partial charge in [0.1, 0.15) is 12.4 Å². The molecule has 0 atom stereocenters. The van der Waals surface area contributed by atoms with Crippen molar-refractivity contribution >= 4 is 45.9 Å². The van der Waals surface area contributed by atoms with E-state index in [1.807, 2.05) is 0 Å². The Hall–Kier alpha value is -3.66. The summed E-state index contributed by atoms with van der Waals surface area (Å²) >= 11 is 5.76. The number of fused-ring (bicyclic) bond motifs is 1. The molecule has 3 aromatic rings. The third-order valence-corrected chi connectivity index (χ3v) is 5.35. The molecule has 2 aromatic carbocycles. The van der Waals surface area contributed by atoms with Crippen molar-refractivity contribution in [3.8, 4) is 0 Å². The SMILES string of the molecule is CC(C)N(CC(=O)NCc1cccc(Cl)c1F)C(=O)Cn1nc(C(N)=O)c2cc(N)ccc21. The van der Waals surface area contributed by atoms with Gasteiger partial charge in [0, 0.05) is 29.2 Å². The number of aromatic nitrogens is 2. The lowest BCUT2D eigenvalue weighted by Gasteiger charge is -2.26. The first-order valence-electron chi connectivity index (χ1n) is 10.1. The van der Waals surface area contributed by atoms with Crippen LogP contribution in [0, 0.1) is 5.82 Å². The number of nitrogens with two attached hydrogens (primary N) is 2. The average molecular weight is 475 g/mol. The van der Waals surface area contributed by atoms with Crippen LogP contribution < -0.4 is 16.8 Å². The van der Waals surface area contributed by atoms with E-state index in [4.69, 9.17) is 23.1 Å². The van der Waals surface area contributed by atoms with E-state index in [2.05, 4.69) is 10.4 Å². The van der Waals surface area contributed by atoms with E-state index in [0.29, 0.717) is 16.6 Å². The highest BCUT2D eigenvalue weighted by Crippen LogP contribution is 2.22. The normalized spacial score (nSPS) is 11.1. The van der Waals surface area contributed by atoms with Crippen molar-refractivity contribution in [1.82, 2.24) is 20.0 Å². The van der Waals surface area contributed by atoms with Gasteiger partial charge in [0.2, 0.25) is 11.8 Å². The number of rotatable bonds is 8. The summed E-state index contributed by atoms with van der Waals surface area (Å²) in [6.45, 7) is 2.99. The molecule has 0 aliphatic carbocycles. The van der Waals surface area contributed by atoms with Gasteiger partial charge in [0.25, 0.3) is 5.91 Å². The van der Waals surface area contributed by atoms with Crippen LogP contribution in [0.4, 0.5) is 10.1 Å². The van der Waals surface area contributed by atoms with Crippen LogP contribution in [0.25, 0.3) is 10.9 Å². The smallest absolute Gasteiger partial charge is 0.269 e. The quantitative estimate of drug-likeness (QED) is 0.429. The Balaban J connectivity index is 1.73. The summed E-state index contributed by atoms with van der Waals surface area (Å²) in [4.78, 5) is 38.6. The molecule has 9 nitrogen and oxygen atoms in total. The molecule has 0 fully saturated rings. The van der Waals surface area contributed by atoms with Crippen molar-refractivity contribution < 1.29 is 18.8 Å². The van der Waals surface area contributed by atoms with Gasteiger partial charge in [-0.25, -0.2) is 4.39 Å². The van der Waals surface area contributed by atoms with E-state index < -0.39 is 23.5 Å². The minimum atomic E-state index is -0.745. The molecule has 3 rings (SSSR count). The lowest BCUT2D eigenvalue weighted by atomic mass is 10.2. The van der Waals surface area contributed by atoms with Crippen LogP contribution in [0.5, 0.6) is 0 Å². The topological polar surface area (TPSA) is 136 Å². The maximum Gasteiger partial charge on any atom is 0.269 e. The highest BCUT2D eigenvalue weighted by molar-refractivity contribution is 6.30. The Morgan fingerprint density at radius 3 is 2.64 bits per heavy atom. The minimum absolute atomic E-state index is 0.00230. The van der Waals surface area contributed by atoms with Crippen LogP contribution in [-0.4, -0.2) is 45.0 Å². The molecule has 1 heterocycles. The summed E-state index contributed by atoms with van der Waals surface area (Å²) in [5.74, 6) is -2.21. The molecule has 0 unspecified atom stereocenters. The second kappa shape index (κ2) is 9.86. The summed E-state index contributed by atoms with van der Waals surface area (Å²) in [7, 11) is 0. The number of nitrogens with one attached hydrogen (secondary N) is 1. The third kappa shape index (κ3) is 5.40. The number of primary amides is 1. The Bertz CT molecular complexity index is 1230. The van der Waals surface area contributed by atoms with E-state index in [-0.39, 0.29) is 42.0 Å². The van der Waals surface area contributed by atoms with E-state index in [1.54, 1.807) is 38.1 Å². The fourth-order valence-electron chi connectivity index (χ4n) is 3.37. The van der Waals surface area contributed by atoms with Gasteiger partial charge in [-0.3, -0.25) is 19.1 Å². The van der Waals surface area contributed by atoms with E-state index in [1.165, 1.54) is 21.7 Å². The standard InChI is InChI=1S/C22H24ClFN6O3/c1-12(2)29(10-18(31)27-9-13-4-3-5-16(23)20(13)24)19(32)11-30-17-7-6-14(25)8-15(17)21(28-30)22(26)33/h3-8,12H,9-11,25H2,1-2H3,(H2,26,33)(H,27,31). The molecule has 174 valence electrons.